The summed E-state index contributed by atoms with van der Waals surface area (Å²) in [6.45, 7) is 5.25. The molecule has 0 amide bonds. The molecule has 0 saturated heterocycles. The highest BCUT2D eigenvalue weighted by Crippen LogP contribution is 2.48. The Hall–Kier alpha value is -2.91. The van der Waals surface area contributed by atoms with Crippen LogP contribution in [0, 0.1) is 0 Å². The van der Waals surface area contributed by atoms with Crippen molar-refractivity contribution in [2.75, 3.05) is 0 Å². The van der Waals surface area contributed by atoms with Crippen LogP contribution < -0.4 is 4.74 Å². The summed E-state index contributed by atoms with van der Waals surface area (Å²) in [4.78, 5) is 12.9. The molecule has 4 aromatic rings. The maximum absolute atomic E-state index is 11.7. The Labute approximate surface area is 149 Å². The van der Waals surface area contributed by atoms with Gasteiger partial charge in [-0.3, -0.25) is 0 Å². The van der Waals surface area contributed by atoms with Gasteiger partial charge in [-0.2, -0.15) is 0 Å². The lowest BCUT2D eigenvalue weighted by Crippen LogP contribution is -2.07. The second kappa shape index (κ2) is 6.19. The molecule has 4 rings (SSSR count). The summed E-state index contributed by atoms with van der Waals surface area (Å²) in [6.07, 6.45) is 0. The van der Waals surface area contributed by atoms with Crippen molar-refractivity contribution in [2.45, 2.75) is 6.92 Å². The molecule has 0 fully saturated rings. The molecular weight excluding hydrogens is 328 g/mol. The van der Waals surface area contributed by atoms with Crippen LogP contribution in [-0.2, 0) is 4.79 Å². The molecule has 0 N–H and O–H groups in total. The molecule has 2 nitrogen and oxygen atoms in total. The number of esters is 1. The van der Waals surface area contributed by atoms with Crippen molar-refractivity contribution in [3.05, 3.63) is 84.9 Å². The van der Waals surface area contributed by atoms with Gasteiger partial charge in [-0.05, 0) is 43.3 Å². The third-order valence-electron chi connectivity index (χ3n) is 4.12. The van der Waals surface area contributed by atoms with Crippen molar-refractivity contribution in [1.29, 1.82) is 0 Å². The Morgan fingerprint density at radius 1 is 0.840 bits per heavy atom. The molecule has 0 aliphatic carbocycles. The van der Waals surface area contributed by atoms with Gasteiger partial charge < -0.3 is 4.74 Å². The molecule has 0 unspecified atom stereocenters. The molecule has 3 heteroatoms. The highest BCUT2D eigenvalue weighted by atomic mass is 32.2. The predicted octanol–water partition coefficient (Wildman–Crippen LogP) is 6.21. The van der Waals surface area contributed by atoms with Crippen molar-refractivity contribution in [1.82, 2.24) is 0 Å². The van der Waals surface area contributed by atoms with E-state index in [1.165, 1.54) is 25.1 Å². The second-order valence-electron chi connectivity index (χ2n) is 5.94. The van der Waals surface area contributed by atoms with Crippen molar-refractivity contribution in [3.63, 3.8) is 0 Å². The first-order valence-electron chi connectivity index (χ1n) is 8.05. The summed E-state index contributed by atoms with van der Waals surface area (Å²) in [5, 5.41) is 2.61. The zero-order valence-electron chi connectivity index (χ0n) is 13.9. The Morgan fingerprint density at radius 2 is 1.36 bits per heavy atom. The minimum Gasteiger partial charge on any atom is -0.423 e. The molecule has 0 aliphatic heterocycles. The molecule has 1 aromatic heterocycles. The van der Waals surface area contributed by atoms with Crippen molar-refractivity contribution in [2.24, 2.45) is 0 Å². The normalized spacial score (nSPS) is 10.9. The van der Waals surface area contributed by atoms with Crippen LogP contribution in [0.25, 0.3) is 25.1 Å². The standard InChI is InChI=1S/C22H17O2S/c1-15(2)22(23)24-16-11-13-17(14-12-16)25-20-9-5-3-7-18(20)19-8-4-6-10-21(19)25/h3-14H,1H2,2H3/q+1. The van der Waals surface area contributed by atoms with E-state index >= 15 is 0 Å². The van der Waals surface area contributed by atoms with Crippen LogP contribution in [0.2, 0.25) is 0 Å². The molecule has 122 valence electrons. The molecule has 0 aliphatic rings. The molecule has 0 radical (unpaired) electrons. The van der Waals surface area contributed by atoms with Gasteiger partial charge in [0.1, 0.15) is 5.75 Å². The summed E-state index contributed by atoms with van der Waals surface area (Å²) in [5.41, 5.74) is 0.393. The smallest absolute Gasteiger partial charge is 0.338 e. The van der Waals surface area contributed by atoms with E-state index in [2.05, 4.69) is 55.1 Å². The van der Waals surface area contributed by atoms with Gasteiger partial charge in [-0.25, -0.2) is 4.79 Å². The fraction of sp³-hybridized carbons (Fsp3) is 0.0455. The monoisotopic (exact) mass is 345 g/mol. The van der Waals surface area contributed by atoms with E-state index in [4.69, 9.17) is 4.74 Å². The molecule has 0 atom stereocenters. The van der Waals surface area contributed by atoms with Gasteiger partial charge in [0, 0.05) is 38.9 Å². The average molecular weight is 345 g/mol. The van der Waals surface area contributed by atoms with Gasteiger partial charge in [0.25, 0.3) is 0 Å². The number of carbonyl (C=O) groups is 1. The molecule has 0 bridgehead atoms. The van der Waals surface area contributed by atoms with Crippen LogP contribution in [0.3, 0.4) is 0 Å². The Morgan fingerprint density at radius 3 is 1.88 bits per heavy atom. The summed E-state index contributed by atoms with van der Waals surface area (Å²) >= 11 is 0. The van der Waals surface area contributed by atoms with Crippen molar-refractivity contribution in [3.8, 4) is 10.6 Å². The third-order valence-corrected chi connectivity index (χ3v) is 6.46. The first-order valence-corrected chi connectivity index (χ1v) is 9.28. The molecule has 25 heavy (non-hydrogen) atoms. The summed E-state index contributed by atoms with van der Waals surface area (Å²) in [5.74, 6) is 0.146. The topological polar surface area (TPSA) is 26.3 Å². The number of hydrogen-bond acceptors (Lipinski definition) is 2. The van der Waals surface area contributed by atoms with Crippen LogP contribution >= 0.6 is 10.5 Å². The van der Waals surface area contributed by atoms with Gasteiger partial charge in [-0.1, -0.05) is 30.8 Å². The van der Waals surface area contributed by atoms with Crippen molar-refractivity contribution >= 4 is 36.6 Å². The van der Waals surface area contributed by atoms with Gasteiger partial charge in [0.2, 0.25) is 0 Å². The molecule has 3 aromatic carbocycles. The van der Waals surface area contributed by atoms with Crippen LogP contribution in [0.1, 0.15) is 6.92 Å². The maximum atomic E-state index is 11.7. The van der Waals surface area contributed by atoms with Gasteiger partial charge >= 0.3 is 5.97 Å². The highest BCUT2D eigenvalue weighted by molar-refractivity contribution is 7.50. The van der Waals surface area contributed by atoms with E-state index in [9.17, 15) is 4.79 Å². The first-order chi connectivity index (χ1) is 12.1. The predicted molar refractivity (Wildman–Crippen MR) is 106 cm³/mol. The Bertz CT molecular complexity index is 1050. The summed E-state index contributed by atoms with van der Waals surface area (Å²) in [6, 6.07) is 24.9. The molecule has 0 spiro atoms. The van der Waals surface area contributed by atoms with E-state index in [0.717, 1.165) is 0 Å². The number of thiophene rings is 1. The number of rotatable bonds is 3. The molecule has 0 saturated carbocycles. The quantitative estimate of drug-likeness (QED) is 0.191. The van der Waals surface area contributed by atoms with E-state index < -0.39 is 5.97 Å². The fourth-order valence-corrected chi connectivity index (χ4v) is 5.32. The lowest BCUT2D eigenvalue weighted by atomic mass is 10.2. The van der Waals surface area contributed by atoms with Crippen LogP contribution in [0.4, 0.5) is 0 Å². The third kappa shape index (κ3) is 2.73. The molecule has 1 heterocycles. The SMILES string of the molecule is C=C(C)C(=O)Oc1ccc(-[s+]2c3ccccc3c3ccccc32)cc1. The van der Waals surface area contributed by atoms with E-state index in [1.807, 2.05) is 24.3 Å². The zero-order valence-corrected chi connectivity index (χ0v) is 14.7. The zero-order chi connectivity index (χ0) is 17.4. The lowest BCUT2D eigenvalue weighted by Gasteiger charge is -2.03. The van der Waals surface area contributed by atoms with E-state index in [1.54, 1.807) is 6.92 Å². The van der Waals surface area contributed by atoms with Crippen LogP contribution in [0.5, 0.6) is 5.75 Å². The second-order valence-corrected chi connectivity index (χ2v) is 7.90. The highest BCUT2D eigenvalue weighted by Gasteiger charge is 2.23. The minimum absolute atomic E-state index is 0.128. The minimum atomic E-state index is -0.397. The Balaban J connectivity index is 1.84. The number of carbonyl (C=O) groups excluding carboxylic acids is 1. The Kier molecular flexibility index (Phi) is 3.86. The van der Waals surface area contributed by atoms with E-state index in [-0.39, 0.29) is 10.5 Å². The summed E-state index contributed by atoms with van der Waals surface area (Å²) < 4.78 is 7.98. The van der Waals surface area contributed by atoms with Gasteiger partial charge in [0.15, 0.2) is 14.3 Å². The molecular formula is C22H17O2S+. The lowest BCUT2D eigenvalue weighted by molar-refractivity contribution is -0.130. The number of ether oxygens (including phenoxy) is 1. The largest absolute Gasteiger partial charge is 0.423 e. The number of benzene rings is 3. The van der Waals surface area contributed by atoms with Crippen LogP contribution in [0.15, 0.2) is 84.9 Å². The number of hydrogen-bond donors (Lipinski definition) is 0. The van der Waals surface area contributed by atoms with Crippen molar-refractivity contribution < 1.29 is 9.53 Å². The first kappa shape index (κ1) is 15.6. The van der Waals surface area contributed by atoms with Crippen LogP contribution in [-0.4, -0.2) is 5.97 Å². The van der Waals surface area contributed by atoms with Gasteiger partial charge in [-0.15, -0.1) is 0 Å². The number of fused-ring (bicyclic) bond motifs is 3. The summed E-state index contributed by atoms with van der Waals surface area (Å²) in [7, 11) is -0.128. The average Bonchev–Trinajstić information content (AvgIpc) is 2.97. The fourth-order valence-electron chi connectivity index (χ4n) is 2.94. The van der Waals surface area contributed by atoms with E-state index in [0.29, 0.717) is 11.3 Å². The maximum Gasteiger partial charge on any atom is 0.338 e. The van der Waals surface area contributed by atoms with Gasteiger partial charge in [0.05, 0.1) is 0 Å².